The molecule has 0 aromatic heterocycles. The third-order valence-corrected chi connectivity index (χ3v) is 5.06. The predicted octanol–water partition coefficient (Wildman–Crippen LogP) is 4.69. The first-order valence-corrected chi connectivity index (χ1v) is 10.3. The summed E-state index contributed by atoms with van der Waals surface area (Å²) in [4.78, 5) is 24.4. The maximum absolute atomic E-state index is 12.3. The molecule has 162 valence electrons. The van der Waals surface area contributed by atoms with Crippen LogP contribution < -0.4 is 10.9 Å². The number of rotatable bonds is 4. The topological polar surface area (TPSA) is 78.4 Å². The van der Waals surface area contributed by atoms with Crippen molar-refractivity contribution in [3.8, 4) is 5.75 Å². The molecule has 5 heteroatoms. The van der Waals surface area contributed by atoms with Gasteiger partial charge in [0.25, 0.3) is 5.91 Å². The Morgan fingerprint density at radius 1 is 0.867 bits per heavy atom. The van der Waals surface area contributed by atoms with E-state index in [4.69, 9.17) is 0 Å². The summed E-state index contributed by atoms with van der Waals surface area (Å²) in [6.45, 7) is 14.3. The molecule has 0 aliphatic carbocycles. The highest BCUT2D eigenvalue weighted by Gasteiger charge is 2.26. The lowest BCUT2D eigenvalue weighted by molar-refractivity contribution is -0.121. The van der Waals surface area contributed by atoms with Crippen LogP contribution in [0, 0.1) is 6.92 Å². The molecule has 0 bridgehead atoms. The van der Waals surface area contributed by atoms with Crippen molar-refractivity contribution < 1.29 is 14.7 Å². The largest absolute Gasteiger partial charge is 0.507 e. The molecule has 0 atom stereocenters. The molecule has 0 heterocycles. The van der Waals surface area contributed by atoms with Crippen molar-refractivity contribution in [2.24, 2.45) is 0 Å². The smallest absolute Gasteiger partial charge is 0.269 e. The van der Waals surface area contributed by atoms with E-state index in [2.05, 4.69) is 52.4 Å². The lowest BCUT2D eigenvalue weighted by Gasteiger charge is -2.28. The fourth-order valence-electron chi connectivity index (χ4n) is 3.21. The van der Waals surface area contributed by atoms with Crippen LogP contribution in [0.3, 0.4) is 0 Å². The molecule has 2 aromatic rings. The average Bonchev–Trinajstić information content (AvgIpc) is 2.63. The highest BCUT2D eigenvalue weighted by molar-refractivity contribution is 5.95. The minimum absolute atomic E-state index is 0.218. The number of aromatic hydroxyl groups is 1. The van der Waals surface area contributed by atoms with Gasteiger partial charge in [-0.05, 0) is 53.0 Å². The first kappa shape index (κ1) is 23.5. The lowest BCUT2D eigenvalue weighted by Crippen LogP contribution is -2.41. The summed E-state index contributed by atoms with van der Waals surface area (Å²) < 4.78 is 0. The molecule has 0 radical (unpaired) electrons. The maximum Gasteiger partial charge on any atom is 0.269 e. The van der Waals surface area contributed by atoms with Crippen LogP contribution in [0.2, 0.25) is 0 Å². The Morgan fingerprint density at radius 3 is 1.83 bits per heavy atom. The van der Waals surface area contributed by atoms with Crippen molar-refractivity contribution in [3.05, 3.63) is 64.2 Å². The van der Waals surface area contributed by atoms with Crippen LogP contribution in [0.4, 0.5) is 0 Å². The molecule has 0 unspecified atom stereocenters. The molecule has 2 amide bonds. The highest BCUT2D eigenvalue weighted by Crippen LogP contribution is 2.39. The van der Waals surface area contributed by atoms with E-state index < -0.39 is 0 Å². The maximum atomic E-state index is 12.3. The number of phenols is 1. The zero-order chi connectivity index (χ0) is 22.7. The monoisotopic (exact) mass is 410 g/mol. The Hall–Kier alpha value is -2.82. The molecule has 0 aliphatic rings. The Balaban J connectivity index is 2.06. The van der Waals surface area contributed by atoms with E-state index >= 15 is 0 Å². The zero-order valence-electron chi connectivity index (χ0n) is 19.1. The molecule has 0 spiro atoms. The quantitative estimate of drug-likeness (QED) is 0.640. The second-order valence-corrected chi connectivity index (χ2v) is 9.91. The van der Waals surface area contributed by atoms with E-state index in [1.807, 2.05) is 31.2 Å². The summed E-state index contributed by atoms with van der Waals surface area (Å²) in [7, 11) is 0. The third kappa shape index (κ3) is 6.09. The van der Waals surface area contributed by atoms with Gasteiger partial charge in [-0.25, -0.2) is 0 Å². The minimum Gasteiger partial charge on any atom is -0.507 e. The van der Waals surface area contributed by atoms with Crippen molar-refractivity contribution in [3.63, 3.8) is 0 Å². The number of nitrogens with one attached hydrogen (secondary N) is 2. The van der Waals surface area contributed by atoms with E-state index in [9.17, 15) is 14.7 Å². The van der Waals surface area contributed by atoms with E-state index in [0.29, 0.717) is 17.7 Å². The molecule has 0 saturated carbocycles. The summed E-state index contributed by atoms with van der Waals surface area (Å²) in [6, 6.07) is 11.1. The summed E-state index contributed by atoms with van der Waals surface area (Å²) in [5, 5.41) is 10.8. The van der Waals surface area contributed by atoms with Crippen LogP contribution in [-0.4, -0.2) is 16.9 Å². The number of phenolic OH excluding ortho intramolecular Hbond substituents is 1. The van der Waals surface area contributed by atoms with Gasteiger partial charge >= 0.3 is 0 Å². The normalized spacial score (nSPS) is 11.8. The van der Waals surface area contributed by atoms with Crippen LogP contribution >= 0.6 is 0 Å². The van der Waals surface area contributed by atoms with Crippen LogP contribution in [0.25, 0.3) is 0 Å². The standard InChI is InChI=1S/C25H34N2O3/c1-16-8-11-18(12-9-16)23(30)27-26-21(28)13-10-17-14-19(24(2,3)4)22(29)20(15-17)25(5,6)7/h8-9,11-12,14-15,29H,10,13H2,1-7H3,(H,26,28)(H,27,30). The van der Waals surface area contributed by atoms with Gasteiger partial charge in [0.05, 0.1) is 0 Å². The fraction of sp³-hybridized carbons (Fsp3) is 0.440. The van der Waals surface area contributed by atoms with Gasteiger partial charge in [0.2, 0.25) is 5.91 Å². The SMILES string of the molecule is Cc1ccc(C(=O)NNC(=O)CCc2cc(C(C)(C)C)c(O)c(C(C)(C)C)c2)cc1. The predicted molar refractivity (Wildman–Crippen MR) is 121 cm³/mol. The van der Waals surface area contributed by atoms with E-state index in [1.54, 1.807) is 12.1 Å². The first-order valence-electron chi connectivity index (χ1n) is 10.3. The summed E-state index contributed by atoms with van der Waals surface area (Å²) >= 11 is 0. The highest BCUT2D eigenvalue weighted by atomic mass is 16.3. The van der Waals surface area contributed by atoms with Crippen molar-refractivity contribution in [1.29, 1.82) is 0 Å². The van der Waals surface area contributed by atoms with Crippen molar-refractivity contribution in [2.45, 2.75) is 72.1 Å². The molecule has 0 aliphatic heterocycles. The molecule has 2 aromatic carbocycles. The fourth-order valence-corrected chi connectivity index (χ4v) is 3.21. The van der Waals surface area contributed by atoms with Crippen LogP contribution in [0.5, 0.6) is 5.75 Å². The average molecular weight is 411 g/mol. The van der Waals surface area contributed by atoms with Crippen LogP contribution in [-0.2, 0) is 22.0 Å². The molecule has 0 fully saturated rings. The van der Waals surface area contributed by atoms with Gasteiger partial charge in [-0.2, -0.15) is 0 Å². The van der Waals surface area contributed by atoms with Gasteiger partial charge in [-0.1, -0.05) is 71.4 Å². The molecule has 0 saturated heterocycles. The van der Waals surface area contributed by atoms with Gasteiger partial charge in [0.1, 0.15) is 5.75 Å². The third-order valence-electron chi connectivity index (χ3n) is 5.06. The van der Waals surface area contributed by atoms with Crippen molar-refractivity contribution >= 4 is 11.8 Å². The molecular weight excluding hydrogens is 376 g/mol. The molecule has 3 N–H and O–H groups in total. The number of hydrogen-bond donors (Lipinski definition) is 3. The summed E-state index contributed by atoms with van der Waals surface area (Å²) in [6.07, 6.45) is 0.741. The summed E-state index contributed by atoms with van der Waals surface area (Å²) in [5.74, 6) is -0.287. The van der Waals surface area contributed by atoms with Gasteiger partial charge in [0.15, 0.2) is 0 Å². The second-order valence-electron chi connectivity index (χ2n) is 9.91. The lowest BCUT2D eigenvalue weighted by atomic mass is 9.78. The number of amides is 2. The molecule has 30 heavy (non-hydrogen) atoms. The van der Waals surface area contributed by atoms with Gasteiger partial charge < -0.3 is 5.11 Å². The number of carbonyl (C=O) groups excluding carboxylic acids is 2. The molecule has 5 nitrogen and oxygen atoms in total. The number of hydrogen-bond acceptors (Lipinski definition) is 3. The van der Waals surface area contributed by atoms with Crippen LogP contribution in [0.15, 0.2) is 36.4 Å². The number of benzene rings is 2. The van der Waals surface area contributed by atoms with Crippen LogP contribution in [0.1, 0.15) is 80.6 Å². The Morgan fingerprint density at radius 2 is 1.37 bits per heavy atom. The Labute approximate surface area is 179 Å². The van der Waals surface area contributed by atoms with E-state index in [1.165, 1.54) is 0 Å². The van der Waals surface area contributed by atoms with Crippen molar-refractivity contribution in [2.75, 3.05) is 0 Å². The van der Waals surface area contributed by atoms with Gasteiger partial charge in [0, 0.05) is 12.0 Å². The number of aryl methyl sites for hydroxylation is 2. The zero-order valence-corrected chi connectivity index (χ0v) is 19.1. The number of carbonyl (C=O) groups is 2. The Kier molecular flexibility index (Phi) is 6.96. The molecule has 2 rings (SSSR count). The molecular formula is C25H34N2O3. The van der Waals surface area contributed by atoms with Crippen molar-refractivity contribution in [1.82, 2.24) is 10.9 Å². The van der Waals surface area contributed by atoms with E-state index in [-0.39, 0.29) is 29.1 Å². The number of hydrazine groups is 1. The second kappa shape index (κ2) is 8.90. The van der Waals surface area contributed by atoms with E-state index in [0.717, 1.165) is 22.3 Å². The minimum atomic E-state index is -0.349. The Bertz CT molecular complexity index is 882. The van der Waals surface area contributed by atoms with Gasteiger partial charge in [-0.15, -0.1) is 0 Å². The van der Waals surface area contributed by atoms with Gasteiger partial charge in [-0.3, -0.25) is 20.4 Å². The summed E-state index contributed by atoms with van der Waals surface area (Å²) in [5.41, 5.74) is 8.79. The first-order chi connectivity index (χ1) is 13.8.